The quantitative estimate of drug-likeness (QED) is 0.383. The largest absolute Gasteiger partial charge is 0.434 e. The van der Waals surface area contributed by atoms with E-state index in [1.54, 1.807) is 41.6 Å². The van der Waals surface area contributed by atoms with Gasteiger partial charge in [-0.2, -0.15) is 10.1 Å². The predicted octanol–water partition coefficient (Wildman–Crippen LogP) is 4.12. The molecule has 35 heavy (non-hydrogen) atoms. The molecule has 4 aromatic heterocycles. The molecule has 1 aromatic carbocycles. The van der Waals surface area contributed by atoms with E-state index in [-0.39, 0.29) is 23.7 Å². The summed E-state index contributed by atoms with van der Waals surface area (Å²) in [6, 6.07) is 4.67. The topological polar surface area (TPSA) is 139 Å². The molecule has 1 saturated heterocycles. The van der Waals surface area contributed by atoms with Crippen molar-refractivity contribution in [3.8, 4) is 11.6 Å². The first-order chi connectivity index (χ1) is 17.2. The summed E-state index contributed by atoms with van der Waals surface area (Å²) >= 11 is 0. The van der Waals surface area contributed by atoms with Gasteiger partial charge in [-0.15, -0.1) is 0 Å². The van der Waals surface area contributed by atoms with Gasteiger partial charge in [0, 0.05) is 25.1 Å². The number of nitrogens with two attached hydrogens (primary N) is 1. The summed E-state index contributed by atoms with van der Waals surface area (Å²) < 4.78 is 28.8. The van der Waals surface area contributed by atoms with Crippen molar-refractivity contribution in [2.45, 2.75) is 25.5 Å². The Hall–Kier alpha value is -4.45. The molecule has 11 nitrogen and oxygen atoms in total. The number of hydrogen-bond acceptors (Lipinski definition) is 10. The Morgan fingerprint density at radius 1 is 1.11 bits per heavy atom. The molecular formula is C23H20FN9O2. The molecule has 0 bridgehead atoms. The predicted molar refractivity (Wildman–Crippen MR) is 126 cm³/mol. The zero-order chi connectivity index (χ0) is 23.8. The highest BCUT2D eigenvalue weighted by Gasteiger charge is 2.23. The molecule has 0 saturated carbocycles. The lowest BCUT2D eigenvalue weighted by molar-refractivity contribution is -0.0366. The number of pyridine rings is 1. The maximum atomic E-state index is 15.1. The Balaban J connectivity index is 1.45. The van der Waals surface area contributed by atoms with Crippen LogP contribution >= 0.6 is 0 Å². The number of anilines is 3. The van der Waals surface area contributed by atoms with E-state index >= 15 is 4.39 Å². The van der Waals surface area contributed by atoms with E-state index in [9.17, 15) is 0 Å². The summed E-state index contributed by atoms with van der Waals surface area (Å²) in [5, 5.41) is 8.35. The highest BCUT2D eigenvalue weighted by molar-refractivity contribution is 5.95. The minimum absolute atomic E-state index is 0.0294. The van der Waals surface area contributed by atoms with Gasteiger partial charge in [0.2, 0.25) is 5.88 Å². The molecule has 1 aliphatic rings. The van der Waals surface area contributed by atoms with Crippen molar-refractivity contribution in [3.05, 3.63) is 55.1 Å². The van der Waals surface area contributed by atoms with Gasteiger partial charge in [-0.25, -0.2) is 24.0 Å². The summed E-state index contributed by atoms with van der Waals surface area (Å²) in [6.45, 7) is 0.664. The van der Waals surface area contributed by atoms with E-state index in [4.69, 9.17) is 15.2 Å². The van der Waals surface area contributed by atoms with Crippen LogP contribution in [0.2, 0.25) is 0 Å². The lowest BCUT2D eigenvalue weighted by Gasteiger charge is -2.23. The minimum atomic E-state index is -0.570. The standard InChI is InChI=1S/C23H20FN9O2/c24-14-4-5-16-13(10-30-33(16)19-3-1-2-8-34-19)21(14)35-23-20-15(28-12-29-22(20)25)9-17(32-23)31-18-11-26-6-7-27-18/h4-7,9-12,19H,1-3,8H2,(H2,25,28,29)(H,27,31,32). The molecule has 3 N–H and O–H groups in total. The number of nitrogen functional groups attached to an aromatic ring is 1. The molecule has 6 rings (SSSR count). The number of nitrogens with one attached hydrogen (secondary N) is 1. The summed E-state index contributed by atoms with van der Waals surface area (Å²) in [5.74, 6) is 0.430. The zero-order valence-electron chi connectivity index (χ0n) is 18.4. The molecule has 1 aliphatic heterocycles. The van der Waals surface area contributed by atoms with Crippen molar-refractivity contribution in [2.75, 3.05) is 17.7 Å². The normalized spacial score (nSPS) is 16.0. The van der Waals surface area contributed by atoms with E-state index in [0.717, 1.165) is 19.3 Å². The number of rotatable bonds is 5. The number of hydrogen-bond donors (Lipinski definition) is 2. The molecule has 5 aromatic rings. The van der Waals surface area contributed by atoms with Crippen molar-refractivity contribution < 1.29 is 13.9 Å². The molecule has 0 amide bonds. The molecule has 0 spiro atoms. The fourth-order valence-electron chi connectivity index (χ4n) is 4.12. The maximum Gasteiger partial charge on any atom is 0.234 e. The Bertz CT molecular complexity index is 1520. The van der Waals surface area contributed by atoms with Crippen LogP contribution in [0.5, 0.6) is 11.6 Å². The molecule has 12 heteroatoms. The first kappa shape index (κ1) is 21.1. The molecule has 1 atom stereocenters. The van der Waals surface area contributed by atoms with Crippen LogP contribution in [0.3, 0.4) is 0 Å². The van der Waals surface area contributed by atoms with Gasteiger partial charge in [-0.05, 0) is 31.4 Å². The summed E-state index contributed by atoms with van der Waals surface area (Å²) in [5.41, 5.74) is 7.28. The first-order valence-electron chi connectivity index (χ1n) is 11.1. The van der Waals surface area contributed by atoms with Gasteiger partial charge in [0.25, 0.3) is 0 Å². The number of benzene rings is 1. The number of halogens is 1. The SMILES string of the molecule is Nc1ncnc2cc(Nc3cnccn3)nc(Oc3c(F)ccc4c3cnn4C3CCCCO3)c12. The molecule has 5 heterocycles. The van der Waals surface area contributed by atoms with Gasteiger partial charge in [-0.1, -0.05) is 0 Å². The third kappa shape index (κ3) is 3.93. The summed E-state index contributed by atoms with van der Waals surface area (Å²) in [4.78, 5) is 21.1. The number of nitrogens with zero attached hydrogens (tertiary/aromatic N) is 7. The molecular weight excluding hydrogens is 453 g/mol. The van der Waals surface area contributed by atoms with Crippen molar-refractivity contribution in [1.29, 1.82) is 0 Å². The Morgan fingerprint density at radius 2 is 2.06 bits per heavy atom. The van der Waals surface area contributed by atoms with Gasteiger partial charge >= 0.3 is 0 Å². The van der Waals surface area contributed by atoms with Gasteiger partial charge in [0.05, 0.1) is 28.8 Å². The van der Waals surface area contributed by atoms with E-state index in [0.29, 0.717) is 40.0 Å². The van der Waals surface area contributed by atoms with Crippen LogP contribution in [0, 0.1) is 5.82 Å². The Labute approximate surface area is 198 Å². The van der Waals surface area contributed by atoms with Gasteiger partial charge in [-0.3, -0.25) is 4.98 Å². The average molecular weight is 473 g/mol. The molecule has 0 aliphatic carbocycles. The van der Waals surface area contributed by atoms with Crippen LogP contribution in [-0.4, -0.2) is 41.3 Å². The Kier molecular flexibility index (Phi) is 5.26. The third-order valence-corrected chi connectivity index (χ3v) is 5.74. The van der Waals surface area contributed by atoms with E-state index in [1.807, 2.05) is 0 Å². The second-order valence-corrected chi connectivity index (χ2v) is 8.00. The van der Waals surface area contributed by atoms with Crippen LogP contribution in [0.25, 0.3) is 21.8 Å². The van der Waals surface area contributed by atoms with E-state index in [2.05, 4.69) is 35.3 Å². The molecule has 176 valence electrons. The highest BCUT2D eigenvalue weighted by atomic mass is 19.1. The lowest BCUT2D eigenvalue weighted by Crippen LogP contribution is -2.18. The van der Waals surface area contributed by atoms with Crippen LogP contribution in [0.4, 0.5) is 21.8 Å². The molecule has 0 radical (unpaired) electrons. The molecule has 1 unspecified atom stereocenters. The maximum absolute atomic E-state index is 15.1. The Morgan fingerprint density at radius 3 is 2.89 bits per heavy atom. The fraction of sp³-hybridized carbons (Fsp3) is 0.217. The number of fused-ring (bicyclic) bond motifs is 2. The molecule has 1 fully saturated rings. The average Bonchev–Trinajstić information content (AvgIpc) is 3.31. The van der Waals surface area contributed by atoms with Gasteiger partial charge < -0.3 is 20.5 Å². The second-order valence-electron chi connectivity index (χ2n) is 8.00. The number of ether oxygens (including phenoxy) is 2. The van der Waals surface area contributed by atoms with Crippen molar-refractivity contribution in [1.82, 2.24) is 34.7 Å². The van der Waals surface area contributed by atoms with Gasteiger partial charge in [0.1, 0.15) is 29.2 Å². The van der Waals surface area contributed by atoms with Crippen LogP contribution in [0.15, 0.2) is 49.3 Å². The second kappa shape index (κ2) is 8.72. The lowest BCUT2D eigenvalue weighted by atomic mass is 10.2. The van der Waals surface area contributed by atoms with Crippen molar-refractivity contribution in [3.63, 3.8) is 0 Å². The van der Waals surface area contributed by atoms with Gasteiger partial charge in [0.15, 0.2) is 17.8 Å². The van der Waals surface area contributed by atoms with Crippen LogP contribution in [0.1, 0.15) is 25.5 Å². The summed E-state index contributed by atoms with van der Waals surface area (Å²) in [7, 11) is 0. The van der Waals surface area contributed by atoms with Crippen molar-refractivity contribution >= 4 is 39.3 Å². The summed E-state index contributed by atoms with van der Waals surface area (Å²) in [6.07, 6.45) is 10.2. The van der Waals surface area contributed by atoms with Crippen molar-refractivity contribution in [2.24, 2.45) is 0 Å². The zero-order valence-corrected chi connectivity index (χ0v) is 18.4. The van der Waals surface area contributed by atoms with E-state index in [1.165, 1.54) is 12.4 Å². The van der Waals surface area contributed by atoms with Crippen LogP contribution in [-0.2, 0) is 4.74 Å². The first-order valence-corrected chi connectivity index (χ1v) is 11.1. The number of aromatic nitrogens is 7. The smallest absolute Gasteiger partial charge is 0.234 e. The third-order valence-electron chi connectivity index (χ3n) is 5.74. The van der Waals surface area contributed by atoms with Crippen LogP contribution < -0.4 is 15.8 Å². The highest BCUT2D eigenvalue weighted by Crippen LogP contribution is 2.38. The minimum Gasteiger partial charge on any atom is -0.434 e. The fourth-order valence-corrected chi connectivity index (χ4v) is 4.12. The van der Waals surface area contributed by atoms with E-state index < -0.39 is 5.82 Å². The monoisotopic (exact) mass is 473 g/mol.